The zero-order valence-electron chi connectivity index (χ0n) is 21.2. The first-order valence-electron chi connectivity index (χ1n) is 12.3. The molecule has 0 aliphatic carbocycles. The van der Waals surface area contributed by atoms with E-state index in [1.165, 1.54) is 7.11 Å². The summed E-state index contributed by atoms with van der Waals surface area (Å²) < 4.78 is 6.23. The Morgan fingerprint density at radius 3 is 2.38 bits per heavy atom. The van der Waals surface area contributed by atoms with Crippen LogP contribution in [0.5, 0.6) is 5.75 Å². The number of hydrogen-bond acceptors (Lipinski definition) is 5. The van der Waals surface area contributed by atoms with Gasteiger partial charge >= 0.3 is 0 Å². The molecule has 2 amide bonds. The number of carbonyl (C=O) groups is 2. The second-order valence-electron chi connectivity index (χ2n) is 9.41. The molecule has 1 fully saturated rings. The van der Waals surface area contributed by atoms with Gasteiger partial charge in [0.05, 0.1) is 17.1 Å². The fourth-order valence-corrected chi connectivity index (χ4v) is 5.38. The van der Waals surface area contributed by atoms with Gasteiger partial charge < -0.3 is 19.9 Å². The van der Waals surface area contributed by atoms with E-state index in [1.54, 1.807) is 6.07 Å². The number of benzene rings is 3. The summed E-state index contributed by atoms with van der Waals surface area (Å²) in [7, 11) is 1.53. The molecule has 0 spiro atoms. The quantitative estimate of drug-likeness (QED) is 0.377. The topological polar surface area (TPSA) is 73.9 Å². The van der Waals surface area contributed by atoms with E-state index in [-0.39, 0.29) is 16.9 Å². The van der Waals surface area contributed by atoms with Crippen molar-refractivity contribution in [3.63, 3.8) is 0 Å². The minimum absolute atomic E-state index is 0.196. The molecular formula is C28H31BrN4O3S. The van der Waals surface area contributed by atoms with Crippen LogP contribution in [0.1, 0.15) is 30.6 Å². The van der Waals surface area contributed by atoms with Crippen LogP contribution in [0.15, 0.2) is 59.1 Å². The Bertz CT molecular complexity index is 1300. The molecule has 0 aromatic heterocycles. The van der Waals surface area contributed by atoms with Crippen molar-refractivity contribution < 1.29 is 14.3 Å². The standard InChI is InChI=1S/C28H31BrN4O3S/c1-18(2)16-24(34)33-14-12-32(13-15-33)21-10-8-20(9-11-21)30-28(37)31-27(35)23-17-19-6-4-5-7-22(19)25(29)26(23)36-3/h4-11,17-18H,12-16H2,1-3H3,(H2,30,31,35,37). The molecule has 37 heavy (non-hydrogen) atoms. The van der Waals surface area contributed by atoms with Crippen LogP contribution in [0.25, 0.3) is 10.8 Å². The van der Waals surface area contributed by atoms with Gasteiger partial charge in [0.25, 0.3) is 5.91 Å². The molecule has 2 N–H and O–H groups in total. The van der Waals surface area contributed by atoms with E-state index in [2.05, 4.69) is 45.3 Å². The van der Waals surface area contributed by atoms with Crippen LogP contribution in [0.4, 0.5) is 11.4 Å². The molecule has 0 bridgehead atoms. The van der Waals surface area contributed by atoms with E-state index < -0.39 is 0 Å². The number of anilines is 2. The number of fused-ring (bicyclic) bond motifs is 1. The van der Waals surface area contributed by atoms with Crippen LogP contribution < -0.4 is 20.3 Å². The number of nitrogens with one attached hydrogen (secondary N) is 2. The van der Waals surface area contributed by atoms with Crippen LogP contribution in [-0.4, -0.2) is 55.1 Å². The Morgan fingerprint density at radius 1 is 1.05 bits per heavy atom. The average Bonchev–Trinajstić information content (AvgIpc) is 2.88. The number of hydrogen-bond donors (Lipinski definition) is 2. The molecule has 9 heteroatoms. The van der Waals surface area contributed by atoms with E-state index in [0.717, 1.165) is 52.8 Å². The highest BCUT2D eigenvalue weighted by atomic mass is 79.9. The summed E-state index contributed by atoms with van der Waals surface area (Å²) >= 11 is 8.97. The summed E-state index contributed by atoms with van der Waals surface area (Å²) in [6.07, 6.45) is 0.599. The Kier molecular flexibility index (Phi) is 8.66. The number of carbonyl (C=O) groups excluding carboxylic acids is 2. The number of piperazine rings is 1. The lowest BCUT2D eigenvalue weighted by Crippen LogP contribution is -2.49. The summed E-state index contributed by atoms with van der Waals surface area (Å²) in [5.74, 6) is 0.702. The molecule has 194 valence electrons. The third kappa shape index (κ3) is 6.40. The second-order valence-corrected chi connectivity index (χ2v) is 10.6. The number of ether oxygens (including phenoxy) is 1. The number of nitrogens with zero attached hydrogens (tertiary/aromatic N) is 2. The summed E-state index contributed by atoms with van der Waals surface area (Å²) in [5, 5.41) is 7.90. The minimum atomic E-state index is -0.359. The molecule has 0 atom stereocenters. The van der Waals surface area contributed by atoms with E-state index in [4.69, 9.17) is 17.0 Å². The van der Waals surface area contributed by atoms with Gasteiger partial charge in [0.2, 0.25) is 5.91 Å². The summed E-state index contributed by atoms with van der Waals surface area (Å²) in [4.78, 5) is 29.6. The van der Waals surface area contributed by atoms with Crippen molar-refractivity contribution in [3.8, 4) is 5.75 Å². The van der Waals surface area contributed by atoms with Crippen LogP contribution in [0.3, 0.4) is 0 Å². The zero-order chi connectivity index (χ0) is 26.5. The van der Waals surface area contributed by atoms with Crippen molar-refractivity contribution in [1.82, 2.24) is 10.2 Å². The smallest absolute Gasteiger partial charge is 0.261 e. The first kappa shape index (κ1) is 26.9. The molecule has 4 rings (SSSR count). The van der Waals surface area contributed by atoms with Crippen molar-refractivity contribution in [1.29, 1.82) is 0 Å². The Labute approximate surface area is 231 Å². The SMILES string of the molecule is COc1c(C(=O)NC(=S)Nc2ccc(N3CCN(C(=O)CC(C)C)CC3)cc2)cc2ccccc2c1Br. The van der Waals surface area contributed by atoms with Crippen molar-refractivity contribution in [2.45, 2.75) is 20.3 Å². The highest BCUT2D eigenvalue weighted by Crippen LogP contribution is 2.36. The fraction of sp³-hybridized carbons (Fsp3) is 0.321. The van der Waals surface area contributed by atoms with Crippen LogP contribution in [-0.2, 0) is 4.79 Å². The number of thiocarbonyl (C=S) groups is 1. The van der Waals surface area contributed by atoms with Gasteiger partial charge in [-0.05, 0) is 75.2 Å². The fourth-order valence-electron chi connectivity index (χ4n) is 4.43. The average molecular weight is 584 g/mol. The largest absolute Gasteiger partial charge is 0.495 e. The lowest BCUT2D eigenvalue weighted by molar-refractivity contribution is -0.132. The highest BCUT2D eigenvalue weighted by molar-refractivity contribution is 9.10. The molecule has 0 unspecified atom stereocenters. The van der Waals surface area contributed by atoms with Crippen LogP contribution in [0, 0.1) is 5.92 Å². The molecule has 3 aromatic carbocycles. The second kappa shape index (κ2) is 11.9. The molecule has 3 aromatic rings. The predicted molar refractivity (Wildman–Crippen MR) is 157 cm³/mol. The van der Waals surface area contributed by atoms with Gasteiger partial charge in [-0.25, -0.2) is 0 Å². The lowest BCUT2D eigenvalue weighted by atomic mass is 10.1. The molecular weight excluding hydrogens is 552 g/mol. The molecule has 7 nitrogen and oxygen atoms in total. The monoisotopic (exact) mass is 582 g/mol. The van der Waals surface area contributed by atoms with Crippen LogP contribution in [0.2, 0.25) is 0 Å². The Morgan fingerprint density at radius 2 is 1.73 bits per heavy atom. The van der Waals surface area contributed by atoms with Gasteiger partial charge in [-0.15, -0.1) is 0 Å². The van der Waals surface area contributed by atoms with Gasteiger partial charge in [-0.2, -0.15) is 0 Å². The maximum absolute atomic E-state index is 13.0. The maximum Gasteiger partial charge on any atom is 0.261 e. The predicted octanol–water partition coefficient (Wildman–Crippen LogP) is 5.43. The molecule has 0 radical (unpaired) electrons. The summed E-state index contributed by atoms with van der Waals surface area (Å²) in [6, 6.07) is 17.4. The first-order valence-corrected chi connectivity index (χ1v) is 13.5. The molecule has 1 aliphatic rings. The van der Waals surface area contributed by atoms with E-state index in [1.807, 2.05) is 53.4 Å². The van der Waals surface area contributed by atoms with Crippen molar-refractivity contribution in [2.24, 2.45) is 5.92 Å². The summed E-state index contributed by atoms with van der Waals surface area (Å²) in [5.41, 5.74) is 2.24. The van der Waals surface area contributed by atoms with Crippen LogP contribution >= 0.6 is 28.1 Å². The number of halogens is 1. The Balaban J connectivity index is 1.35. The summed E-state index contributed by atoms with van der Waals surface area (Å²) in [6.45, 7) is 7.20. The Hall–Kier alpha value is -3.17. The molecule has 0 saturated carbocycles. The third-order valence-electron chi connectivity index (χ3n) is 6.32. The first-order chi connectivity index (χ1) is 17.8. The number of rotatable bonds is 6. The van der Waals surface area contributed by atoms with Gasteiger partial charge in [-0.3, -0.25) is 14.9 Å². The highest BCUT2D eigenvalue weighted by Gasteiger charge is 2.22. The number of methoxy groups -OCH3 is 1. The molecule has 1 heterocycles. The maximum atomic E-state index is 13.0. The minimum Gasteiger partial charge on any atom is -0.495 e. The van der Waals surface area contributed by atoms with E-state index in [9.17, 15) is 9.59 Å². The van der Waals surface area contributed by atoms with E-state index in [0.29, 0.717) is 23.7 Å². The lowest BCUT2D eigenvalue weighted by Gasteiger charge is -2.36. The molecule has 1 saturated heterocycles. The van der Waals surface area contributed by atoms with E-state index >= 15 is 0 Å². The number of amides is 2. The van der Waals surface area contributed by atoms with Gasteiger partial charge in [-0.1, -0.05) is 38.1 Å². The van der Waals surface area contributed by atoms with Gasteiger partial charge in [0.15, 0.2) is 5.11 Å². The third-order valence-corrected chi connectivity index (χ3v) is 7.31. The normalized spacial score (nSPS) is 13.5. The van der Waals surface area contributed by atoms with Gasteiger partial charge in [0, 0.05) is 44.0 Å². The van der Waals surface area contributed by atoms with Gasteiger partial charge in [0.1, 0.15) is 5.75 Å². The van der Waals surface area contributed by atoms with Crippen molar-refractivity contribution in [3.05, 3.63) is 64.6 Å². The molecule has 1 aliphatic heterocycles. The van der Waals surface area contributed by atoms with Crippen molar-refractivity contribution in [2.75, 3.05) is 43.5 Å². The zero-order valence-corrected chi connectivity index (χ0v) is 23.6. The van der Waals surface area contributed by atoms with Crippen molar-refractivity contribution >= 4 is 67.2 Å².